The Bertz CT molecular complexity index is 102. The predicted molar refractivity (Wildman–Crippen MR) is 37.7 cm³/mol. The van der Waals surface area contributed by atoms with E-state index in [1.165, 1.54) is 0 Å². The minimum absolute atomic E-state index is 0. The fourth-order valence-electron chi connectivity index (χ4n) is 0.406. The number of halogens is 1. The van der Waals surface area contributed by atoms with Crippen LogP contribution in [0.3, 0.4) is 0 Å². The fourth-order valence-corrected chi connectivity index (χ4v) is 0.406. The molecule has 0 bridgehead atoms. The second-order valence-electron chi connectivity index (χ2n) is 2.84. The van der Waals surface area contributed by atoms with Gasteiger partial charge in [-0.1, -0.05) is 0 Å². The Morgan fingerprint density at radius 3 is 1.70 bits per heavy atom. The summed E-state index contributed by atoms with van der Waals surface area (Å²) in [4.78, 5) is 10.00. The van der Waals surface area contributed by atoms with Crippen LogP contribution < -0.4 is 12.4 Å². The number of aliphatic carboxylic acids is 1. The molecule has 0 aliphatic rings. The Kier molecular flexibility index (Phi) is 10.9. The number of carboxylic acids is 1. The zero-order valence-corrected chi connectivity index (χ0v) is 6.64. The number of carboxylic acid groups (broad SMARTS) is 1. The van der Waals surface area contributed by atoms with Gasteiger partial charge in [0.2, 0.25) is 0 Å². The van der Waals surface area contributed by atoms with Crippen LogP contribution in [0.5, 0.6) is 0 Å². The van der Waals surface area contributed by atoms with Crippen LogP contribution in [-0.2, 0) is 4.79 Å². The first-order valence-corrected chi connectivity index (χ1v) is 2.44. The van der Waals surface area contributed by atoms with Gasteiger partial charge in [0, 0.05) is 0 Å². The Morgan fingerprint density at radius 2 is 1.70 bits per heavy atom. The van der Waals surface area contributed by atoms with E-state index in [4.69, 9.17) is 5.11 Å². The Balaban J connectivity index is -0.000000245. The summed E-state index contributed by atoms with van der Waals surface area (Å²) >= 11 is 0. The van der Waals surface area contributed by atoms with Crippen molar-refractivity contribution in [2.45, 2.75) is 0 Å². The maximum absolute atomic E-state index is 10.00. The zero-order valence-electron chi connectivity index (χ0n) is 5.89. The number of nitrogens with zero attached hydrogens (tertiary/aromatic N) is 1. The Hall–Kier alpha value is 0.720. The summed E-state index contributed by atoms with van der Waals surface area (Å²) in [6, 6.07) is 0. The molecule has 0 spiro atoms. The topological polar surface area (TPSA) is 37.3 Å². The van der Waals surface area contributed by atoms with Crippen LogP contribution in [0.15, 0.2) is 0 Å². The van der Waals surface area contributed by atoms with Crippen molar-refractivity contribution in [3.8, 4) is 0 Å². The van der Waals surface area contributed by atoms with E-state index in [0.29, 0.717) is 4.48 Å². The first-order valence-electron chi connectivity index (χ1n) is 2.44. The molecule has 0 saturated carbocycles. The number of hydrogen-bond donors (Lipinski definition) is 1. The molecule has 5 heteroatoms. The molecule has 0 aliphatic heterocycles. The normalized spacial score (nSPS) is 9.10. The zero-order chi connectivity index (χ0) is 6.78. The molecule has 0 fully saturated rings. The first kappa shape index (κ1) is 17.0. The van der Waals surface area contributed by atoms with E-state index in [2.05, 4.69) is 0 Å². The van der Waals surface area contributed by atoms with Gasteiger partial charge in [-0.05, 0) is 0 Å². The molecule has 58 valence electrons. The molecule has 0 rings (SSSR count). The van der Waals surface area contributed by atoms with Crippen molar-refractivity contribution in [2.75, 3.05) is 27.7 Å². The molecule has 0 aromatic rings. The van der Waals surface area contributed by atoms with Crippen LogP contribution in [0.2, 0.25) is 0 Å². The van der Waals surface area contributed by atoms with E-state index in [1.807, 2.05) is 21.1 Å². The summed E-state index contributed by atoms with van der Waals surface area (Å²) in [6.07, 6.45) is 0. The van der Waals surface area contributed by atoms with Crippen molar-refractivity contribution in [2.24, 2.45) is 0 Å². The molecule has 0 aromatic carbocycles. The average molecular weight is 178 g/mol. The quantitative estimate of drug-likeness (QED) is 0.346. The minimum atomic E-state index is -0.752. The van der Waals surface area contributed by atoms with Gasteiger partial charge in [-0.2, -0.15) is 0 Å². The number of carbonyl (C=O) groups is 1. The van der Waals surface area contributed by atoms with E-state index in [1.54, 1.807) is 0 Å². The van der Waals surface area contributed by atoms with Gasteiger partial charge in [0.15, 0.2) is 6.54 Å². The van der Waals surface area contributed by atoms with Crippen LogP contribution in [0, 0.1) is 0 Å². The second kappa shape index (κ2) is 6.43. The van der Waals surface area contributed by atoms with E-state index in [0.717, 1.165) is 0 Å². The summed E-state index contributed by atoms with van der Waals surface area (Å²) in [5.74, 6) is -0.752. The molecule has 0 aromatic heterocycles. The average Bonchev–Trinajstić information content (AvgIpc) is 1.21. The van der Waals surface area contributed by atoms with Gasteiger partial charge < -0.3 is 22.0 Å². The standard InChI is InChI=1S/C5H11NO2.ClH.Na.H/c1-6(2,3)4-5(7)8;;;/h4H2,1-3H3;1H;;. The fraction of sp³-hybridized carbons (Fsp3) is 0.800. The summed E-state index contributed by atoms with van der Waals surface area (Å²) in [5, 5.41) is 8.23. The molecule has 0 aliphatic carbocycles. The van der Waals surface area contributed by atoms with Crippen LogP contribution in [0.4, 0.5) is 0 Å². The first-order chi connectivity index (χ1) is 3.42. The molecular weight excluding hydrogens is 165 g/mol. The second-order valence-corrected chi connectivity index (χ2v) is 2.84. The number of hydrogen-bond acceptors (Lipinski definition) is 1. The molecule has 0 heterocycles. The van der Waals surface area contributed by atoms with Crippen molar-refractivity contribution < 1.29 is 26.8 Å². The monoisotopic (exact) mass is 177 g/mol. The molecular formula is C5H13ClNNaO2. The van der Waals surface area contributed by atoms with E-state index in [-0.39, 0.29) is 48.5 Å². The molecule has 0 saturated heterocycles. The number of quaternary nitrogens is 1. The predicted octanol–water partition coefficient (Wildman–Crippen LogP) is -3.87. The van der Waals surface area contributed by atoms with Gasteiger partial charge in [0.05, 0.1) is 21.1 Å². The van der Waals surface area contributed by atoms with E-state index >= 15 is 0 Å². The van der Waals surface area contributed by atoms with Gasteiger partial charge in [-0.25, -0.2) is 4.79 Å². The molecule has 3 nitrogen and oxygen atoms in total. The number of rotatable bonds is 2. The summed E-state index contributed by atoms with van der Waals surface area (Å²) in [5.41, 5.74) is 0. The molecule has 1 N–H and O–H groups in total. The van der Waals surface area contributed by atoms with Crippen molar-refractivity contribution in [1.29, 1.82) is 0 Å². The van der Waals surface area contributed by atoms with Crippen molar-refractivity contribution >= 4 is 35.5 Å². The summed E-state index contributed by atoms with van der Waals surface area (Å²) in [6.45, 7) is 0.181. The van der Waals surface area contributed by atoms with Gasteiger partial charge in [0.25, 0.3) is 0 Å². The van der Waals surface area contributed by atoms with E-state index < -0.39 is 5.97 Å². The van der Waals surface area contributed by atoms with Crippen LogP contribution >= 0.6 is 0 Å². The summed E-state index contributed by atoms with van der Waals surface area (Å²) in [7, 11) is 5.52. The third-order valence-corrected chi connectivity index (χ3v) is 0.610. The van der Waals surface area contributed by atoms with Gasteiger partial charge >= 0.3 is 35.5 Å². The SMILES string of the molecule is C[N+](C)(C)CC(=O)O.[Cl-].[NaH]. The third kappa shape index (κ3) is 15.9. The van der Waals surface area contributed by atoms with Crippen LogP contribution in [0.1, 0.15) is 0 Å². The summed E-state index contributed by atoms with van der Waals surface area (Å²) < 4.78 is 0.481. The molecule has 10 heavy (non-hydrogen) atoms. The Labute approximate surface area is 89.7 Å². The van der Waals surface area contributed by atoms with Crippen molar-refractivity contribution in [3.63, 3.8) is 0 Å². The van der Waals surface area contributed by atoms with Crippen LogP contribution in [0.25, 0.3) is 0 Å². The number of likely N-dealkylation sites (N-methyl/N-ethyl adjacent to an activating group) is 1. The van der Waals surface area contributed by atoms with Gasteiger partial charge in [-0.3, -0.25) is 0 Å². The molecule has 0 atom stereocenters. The van der Waals surface area contributed by atoms with Crippen LogP contribution in [-0.4, -0.2) is 72.8 Å². The Morgan fingerprint density at radius 1 is 1.40 bits per heavy atom. The van der Waals surface area contributed by atoms with E-state index in [9.17, 15) is 4.79 Å². The van der Waals surface area contributed by atoms with Gasteiger partial charge in [-0.15, -0.1) is 0 Å². The molecule has 0 radical (unpaired) electrons. The van der Waals surface area contributed by atoms with Crippen molar-refractivity contribution in [1.82, 2.24) is 0 Å². The van der Waals surface area contributed by atoms with Gasteiger partial charge in [0.1, 0.15) is 0 Å². The maximum atomic E-state index is 10.00. The van der Waals surface area contributed by atoms with Crippen molar-refractivity contribution in [3.05, 3.63) is 0 Å². The molecule has 0 amide bonds. The third-order valence-electron chi connectivity index (χ3n) is 0.610. The molecule has 0 unspecified atom stereocenters.